The zero-order chi connectivity index (χ0) is 21.8. The lowest BCUT2D eigenvalue weighted by Crippen LogP contribution is -2.35. The number of fused-ring (bicyclic) bond motifs is 3. The predicted molar refractivity (Wildman–Crippen MR) is 112 cm³/mol. The highest BCUT2D eigenvalue weighted by atomic mass is 32.1. The molecular weight excluding hydrogens is 423 g/mol. The molecule has 0 saturated carbocycles. The first kappa shape index (κ1) is 20.5. The van der Waals surface area contributed by atoms with Crippen molar-refractivity contribution < 1.29 is 28.2 Å². The van der Waals surface area contributed by atoms with Crippen molar-refractivity contribution in [1.82, 2.24) is 5.32 Å². The van der Waals surface area contributed by atoms with Crippen LogP contribution in [0.5, 0.6) is 5.75 Å². The maximum atomic E-state index is 12.9. The molecule has 0 spiro atoms. The number of para-hydroxylation sites is 1. The maximum absolute atomic E-state index is 12.9. The molecule has 1 aliphatic rings. The summed E-state index contributed by atoms with van der Waals surface area (Å²) in [6.07, 6.45) is 0. The molecule has 7 nitrogen and oxygen atoms in total. The van der Waals surface area contributed by atoms with Crippen LogP contribution in [0.2, 0.25) is 0 Å². The van der Waals surface area contributed by atoms with E-state index in [1.165, 1.54) is 35.6 Å². The minimum Gasteiger partial charge on any atom is -0.488 e. The van der Waals surface area contributed by atoms with Gasteiger partial charge in [-0.2, -0.15) is 0 Å². The summed E-state index contributed by atoms with van der Waals surface area (Å²) in [7, 11) is 0. The van der Waals surface area contributed by atoms with Crippen molar-refractivity contribution in [1.29, 1.82) is 0 Å². The Kier molecular flexibility index (Phi) is 5.94. The Morgan fingerprint density at radius 1 is 1.06 bits per heavy atom. The van der Waals surface area contributed by atoms with Gasteiger partial charge in [0.1, 0.15) is 23.1 Å². The lowest BCUT2D eigenvalue weighted by molar-refractivity contribution is -0.126. The summed E-state index contributed by atoms with van der Waals surface area (Å²) in [6, 6.07) is 14.5. The first-order valence-electron chi connectivity index (χ1n) is 9.34. The van der Waals surface area contributed by atoms with Gasteiger partial charge in [0.25, 0.3) is 5.91 Å². The lowest BCUT2D eigenvalue weighted by Gasteiger charge is -2.16. The van der Waals surface area contributed by atoms with E-state index in [0.29, 0.717) is 17.2 Å². The van der Waals surface area contributed by atoms with Crippen molar-refractivity contribution in [3.63, 3.8) is 0 Å². The molecule has 0 bridgehead atoms. The van der Waals surface area contributed by atoms with Crippen LogP contribution in [-0.4, -0.2) is 30.9 Å². The van der Waals surface area contributed by atoms with Crippen molar-refractivity contribution >= 4 is 34.8 Å². The highest BCUT2D eigenvalue weighted by Gasteiger charge is 2.23. The van der Waals surface area contributed by atoms with E-state index in [-0.39, 0.29) is 6.54 Å². The highest BCUT2D eigenvalue weighted by molar-refractivity contribution is 7.17. The first-order chi connectivity index (χ1) is 15.0. The minimum atomic E-state index is -0.622. The fraction of sp³-hybridized carbons (Fsp3) is 0.136. The van der Waals surface area contributed by atoms with Gasteiger partial charge in [-0.15, -0.1) is 11.3 Å². The molecule has 0 atom stereocenters. The number of halogens is 1. The molecule has 1 aliphatic heterocycles. The van der Waals surface area contributed by atoms with Crippen LogP contribution >= 0.6 is 11.3 Å². The van der Waals surface area contributed by atoms with E-state index in [9.17, 15) is 18.8 Å². The Bertz CT molecular complexity index is 1140. The third kappa shape index (κ3) is 4.89. The van der Waals surface area contributed by atoms with Gasteiger partial charge >= 0.3 is 5.97 Å². The van der Waals surface area contributed by atoms with Crippen molar-refractivity contribution in [3.05, 3.63) is 70.9 Å². The topological polar surface area (TPSA) is 93.7 Å². The van der Waals surface area contributed by atoms with Gasteiger partial charge in [0.15, 0.2) is 6.61 Å². The zero-order valence-corrected chi connectivity index (χ0v) is 17.0. The largest absolute Gasteiger partial charge is 0.488 e. The molecule has 9 heteroatoms. The van der Waals surface area contributed by atoms with E-state index in [4.69, 9.17) is 9.47 Å². The van der Waals surface area contributed by atoms with Gasteiger partial charge in [-0.1, -0.05) is 12.1 Å². The quantitative estimate of drug-likeness (QED) is 0.574. The number of amides is 2. The molecule has 0 saturated heterocycles. The van der Waals surface area contributed by atoms with Gasteiger partial charge in [-0.25, -0.2) is 9.18 Å². The summed E-state index contributed by atoms with van der Waals surface area (Å²) < 4.78 is 23.6. The van der Waals surface area contributed by atoms with Crippen LogP contribution in [0.25, 0.3) is 10.4 Å². The predicted octanol–water partition coefficient (Wildman–Crippen LogP) is 3.36. The molecule has 0 fully saturated rings. The van der Waals surface area contributed by atoms with E-state index >= 15 is 0 Å². The van der Waals surface area contributed by atoms with Crippen molar-refractivity contribution in [2.75, 3.05) is 18.5 Å². The molecule has 4 rings (SSSR count). The number of rotatable bonds is 6. The monoisotopic (exact) mass is 440 g/mol. The van der Waals surface area contributed by atoms with Crippen LogP contribution in [0.3, 0.4) is 0 Å². The Hall–Kier alpha value is -3.72. The molecule has 3 aromatic rings. The van der Waals surface area contributed by atoms with Crippen molar-refractivity contribution in [2.45, 2.75) is 6.61 Å². The molecule has 0 unspecified atom stereocenters. The second-order valence-electron chi connectivity index (χ2n) is 6.66. The maximum Gasteiger partial charge on any atom is 0.348 e. The van der Waals surface area contributed by atoms with Gasteiger partial charge in [0, 0.05) is 21.7 Å². The number of nitrogens with one attached hydrogen (secondary N) is 2. The molecule has 2 N–H and O–H groups in total. The number of carbonyl (C=O) groups is 3. The Morgan fingerprint density at radius 2 is 1.84 bits per heavy atom. The van der Waals surface area contributed by atoms with Crippen LogP contribution in [0.1, 0.15) is 15.2 Å². The van der Waals surface area contributed by atoms with Gasteiger partial charge in [-0.3, -0.25) is 9.59 Å². The van der Waals surface area contributed by atoms with Gasteiger partial charge in [0.05, 0.1) is 6.54 Å². The van der Waals surface area contributed by atoms with E-state index in [1.54, 1.807) is 6.07 Å². The summed E-state index contributed by atoms with van der Waals surface area (Å²) in [5, 5.41) is 4.88. The highest BCUT2D eigenvalue weighted by Crippen LogP contribution is 2.42. The number of carbonyl (C=O) groups excluding carboxylic acids is 3. The normalized spacial score (nSPS) is 11.5. The Labute approximate surface area is 180 Å². The van der Waals surface area contributed by atoms with E-state index in [0.717, 1.165) is 21.8 Å². The second-order valence-corrected chi connectivity index (χ2v) is 7.71. The molecule has 1 aromatic heterocycles. The number of benzene rings is 2. The molecule has 2 heterocycles. The standard InChI is InChI=1S/C22H17FN2O5S/c23-14-5-7-15(8-6-14)25-19(26)10-24-20(27)12-30-22(28)18-9-13-11-29-17-4-2-1-3-16(17)21(13)31-18/h1-9H,10-12H2,(H,24,27)(H,25,26). The van der Waals surface area contributed by atoms with Crippen LogP contribution in [0.4, 0.5) is 10.1 Å². The Balaban J connectivity index is 1.26. The van der Waals surface area contributed by atoms with Crippen LogP contribution in [-0.2, 0) is 20.9 Å². The second kappa shape index (κ2) is 8.97. The van der Waals surface area contributed by atoms with Crippen molar-refractivity contribution in [3.8, 4) is 16.2 Å². The minimum absolute atomic E-state index is 0.310. The third-order valence-electron chi connectivity index (χ3n) is 4.43. The van der Waals surface area contributed by atoms with E-state index in [1.807, 2.05) is 24.3 Å². The van der Waals surface area contributed by atoms with E-state index in [2.05, 4.69) is 10.6 Å². The number of thiophene rings is 1. The van der Waals surface area contributed by atoms with Crippen molar-refractivity contribution in [2.24, 2.45) is 0 Å². The first-order valence-corrected chi connectivity index (χ1v) is 10.2. The smallest absolute Gasteiger partial charge is 0.348 e. The summed E-state index contributed by atoms with van der Waals surface area (Å²) in [6.45, 7) is -0.465. The average molecular weight is 440 g/mol. The van der Waals surface area contributed by atoms with Gasteiger partial charge in [0.2, 0.25) is 5.91 Å². The number of ether oxygens (including phenoxy) is 2. The van der Waals surface area contributed by atoms with Gasteiger partial charge < -0.3 is 20.1 Å². The number of hydrogen-bond acceptors (Lipinski definition) is 6. The average Bonchev–Trinajstić information content (AvgIpc) is 3.23. The van der Waals surface area contributed by atoms with Crippen LogP contribution in [0, 0.1) is 5.82 Å². The molecule has 0 radical (unpaired) electrons. The molecule has 2 amide bonds. The molecule has 0 aliphatic carbocycles. The number of anilines is 1. The Morgan fingerprint density at radius 3 is 2.65 bits per heavy atom. The molecule has 158 valence electrons. The SMILES string of the molecule is O=C(COC(=O)c1cc2c(s1)-c1ccccc1OC2)NCC(=O)Nc1ccc(F)cc1. The summed E-state index contributed by atoms with van der Waals surface area (Å²) in [5.74, 6) is -1.39. The summed E-state index contributed by atoms with van der Waals surface area (Å²) in [4.78, 5) is 37.4. The summed E-state index contributed by atoms with van der Waals surface area (Å²) in [5.41, 5.74) is 2.20. The van der Waals surface area contributed by atoms with Crippen LogP contribution < -0.4 is 15.4 Å². The molecule has 31 heavy (non-hydrogen) atoms. The van der Waals surface area contributed by atoms with E-state index < -0.39 is 30.2 Å². The number of hydrogen-bond donors (Lipinski definition) is 2. The fourth-order valence-corrected chi connectivity index (χ4v) is 4.06. The number of esters is 1. The zero-order valence-electron chi connectivity index (χ0n) is 16.1. The lowest BCUT2D eigenvalue weighted by atomic mass is 10.1. The fourth-order valence-electron chi connectivity index (χ4n) is 2.97. The summed E-state index contributed by atoms with van der Waals surface area (Å²) >= 11 is 1.28. The molecular formula is C22H17FN2O5S. The molecule has 2 aromatic carbocycles. The van der Waals surface area contributed by atoms with Gasteiger partial charge in [-0.05, 0) is 42.5 Å². The third-order valence-corrected chi connectivity index (χ3v) is 5.62. The van der Waals surface area contributed by atoms with Crippen LogP contribution in [0.15, 0.2) is 54.6 Å².